The van der Waals surface area contributed by atoms with Crippen molar-refractivity contribution in [3.63, 3.8) is 0 Å². The van der Waals surface area contributed by atoms with Crippen LogP contribution in [0.5, 0.6) is 0 Å². The summed E-state index contributed by atoms with van der Waals surface area (Å²) in [5, 5.41) is 11.0. The number of rotatable bonds is 8. The SMILES string of the molecule is Cc1cc(NNC(=O)CNC(=O)CNS(=O)(=O)c2ccc(C#N)cc2)nc(N)n1. The summed E-state index contributed by atoms with van der Waals surface area (Å²) < 4.78 is 26.3. The Hall–Kier alpha value is -3.76. The van der Waals surface area contributed by atoms with Crippen molar-refractivity contribution in [2.45, 2.75) is 11.8 Å². The molecule has 0 aliphatic heterocycles. The first-order valence-electron chi connectivity index (χ1n) is 8.12. The van der Waals surface area contributed by atoms with Crippen molar-refractivity contribution in [2.24, 2.45) is 0 Å². The zero-order valence-electron chi connectivity index (χ0n) is 15.3. The van der Waals surface area contributed by atoms with Crippen LogP contribution < -0.4 is 26.6 Å². The summed E-state index contributed by atoms with van der Waals surface area (Å²) in [6.45, 7) is 0.735. The molecular formula is C16H18N8O4S. The number of anilines is 2. The molecule has 2 amide bonds. The number of carbonyl (C=O) groups excluding carboxylic acids is 2. The number of hydrogen-bond donors (Lipinski definition) is 5. The number of amides is 2. The molecule has 0 saturated heterocycles. The number of aromatic nitrogens is 2. The Morgan fingerprint density at radius 2 is 1.83 bits per heavy atom. The molecule has 13 heteroatoms. The minimum atomic E-state index is -3.93. The minimum absolute atomic E-state index is 0.0320. The van der Waals surface area contributed by atoms with Crippen LogP contribution in [0.15, 0.2) is 35.2 Å². The van der Waals surface area contributed by atoms with Gasteiger partial charge in [0.15, 0.2) is 0 Å². The average Bonchev–Trinajstić information content (AvgIpc) is 2.68. The molecule has 0 saturated carbocycles. The average molecular weight is 418 g/mol. The molecule has 0 unspecified atom stereocenters. The van der Waals surface area contributed by atoms with Crippen LogP contribution in [-0.2, 0) is 19.6 Å². The van der Waals surface area contributed by atoms with Crippen LogP contribution in [0.4, 0.5) is 11.8 Å². The molecule has 0 spiro atoms. The lowest BCUT2D eigenvalue weighted by Crippen LogP contribution is -2.43. The third-order valence-corrected chi connectivity index (χ3v) is 4.78. The van der Waals surface area contributed by atoms with E-state index in [0.29, 0.717) is 11.3 Å². The monoisotopic (exact) mass is 418 g/mol. The standard InChI is InChI=1S/C16H18N8O4S/c1-10-6-13(22-16(18)21-10)23-24-15(26)8-19-14(25)9-20-29(27,28)12-4-2-11(7-17)3-5-12/h2-6,20H,8-9H2,1H3,(H,19,25)(H,24,26)(H3,18,21,22,23). The normalized spacial score (nSPS) is 10.6. The van der Waals surface area contributed by atoms with Gasteiger partial charge in [0.1, 0.15) is 5.82 Å². The number of aryl methyl sites for hydroxylation is 1. The van der Waals surface area contributed by atoms with Gasteiger partial charge < -0.3 is 11.1 Å². The summed E-state index contributed by atoms with van der Waals surface area (Å²) in [5.41, 5.74) is 11.2. The molecule has 0 bridgehead atoms. The second-order valence-corrected chi connectivity index (χ2v) is 7.43. The lowest BCUT2D eigenvalue weighted by molar-refractivity contribution is -0.125. The summed E-state index contributed by atoms with van der Waals surface area (Å²) in [6.07, 6.45) is 0. The Morgan fingerprint density at radius 3 is 2.45 bits per heavy atom. The maximum absolute atomic E-state index is 12.1. The topological polar surface area (TPSA) is 192 Å². The van der Waals surface area contributed by atoms with Gasteiger partial charge in [-0.3, -0.25) is 20.4 Å². The van der Waals surface area contributed by atoms with Gasteiger partial charge in [0.05, 0.1) is 29.6 Å². The number of nitrogen functional groups attached to an aromatic ring is 1. The first kappa shape index (κ1) is 21.5. The van der Waals surface area contributed by atoms with E-state index in [0.717, 1.165) is 0 Å². The van der Waals surface area contributed by atoms with E-state index in [1.165, 1.54) is 24.3 Å². The van der Waals surface area contributed by atoms with Crippen molar-refractivity contribution >= 4 is 33.6 Å². The van der Waals surface area contributed by atoms with Gasteiger partial charge in [0.2, 0.25) is 21.9 Å². The zero-order valence-corrected chi connectivity index (χ0v) is 16.1. The van der Waals surface area contributed by atoms with Crippen molar-refractivity contribution in [3.05, 3.63) is 41.6 Å². The van der Waals surface area contributed by atoms with Gasteiger partial charge in [-0.2, -0.15) is 10.2 Å². The second kappa shape index (κ2) is 9.44. The summed E-state index contributed by atoms with van der Waals surface area (Å²) >= 11 is 0. The number of nitrogens with one attached hydrogen (secondary N) is 4. The molecule has 0 fully saturated rings. The third-order valence-electron chi connectivity index (χ3n) is 3.36. The summed E-state index contributed by atoms with van der Waals surface area (Å²) in [5.74, 6) is -1.00. The van der Waals surface area contributed by atoms with Gasteiger partial charge in [0, 0.05) is 11.8 Å². The molecule has 0 aliphatic rings. The Kier molecular flexibility index (Phi) is 7.01. The van der Waals surface area contributed by atoms with Crippen molar-refractivity contribution in [1.29, 1.82) is 5.26 Å². The second-order valence-electron chi connectivity index (χ2n) is 5.66. The smallest absolute Gasteiger partial charge is 0.257 e. The van der Waals surface area contributed by atoms with Crippen LogP contribution in [0, 0.1) is 18.3 Å². The van der Waals surface area contributed by atoms with Gasteiger partial charge in [-0.25, -0.2) is 18.1 Å². The number of nitriles is 1. The number of carbonyl (C=O) groups is 2. The number of benzene rings is 1. The summed E-state index contributed by atoms with van der Waals surface area (Å²) in [4.78, 5) is 31.2. The Morgan fingerprint density at radius 1 is 1.14 bits per heavy atom. The van der Waals surface area contributed by atoms with Crippen LogP contribution >= 0.6 is 0 Å². The lowest BCUT2D eigenvalue weighted by Gasteiger charge is -2.10. The van der Waals surface area contributed by atoms with E-state index in [4.69, 9.17) is 11.0 Å². The highest BCUT2D eigenvalue weighted by molar-refractivity contribution is 7.89. The fraction of sp³-hybridized carbons (Fsp3) is 0.188. The minimum Gasteiger partial charge on any atom is -0.368 e. The first-order chi connectivity index (χ1) is 13.7. The highest BCUT2D eigenvalue weighted by Crippen LogP contribution is 2.09. The maximum Gasteiger partial charge on any atom is 0.257 e. The molecule has 152 valence electrons. The van der Waals surface area contributed by atoms with E-state index in [-0.39, 0.29) is 16.7 Å². The van der Waals surface area contributed by atoms with E-state index < -0.39 is 34.9 Å². The molecule has 29 heavy (non-hydrogen) atoms. The van der Waals surface area contributed by atoms with Gasteiger partial charge in [0.25, 0.3) is 5.91 Å². The quantitative estimate of drug-likeness (QED) is 0.327. The van der Waals surface area contributed by atoms with Gasteiger partial charge >= 0.3 is 0 Å². The van der Waals surface area contributed by atoms with E-state index in [1.807, 2.05) is 6.07 Å². The number of sulfonamides is 1. The van der Waals surface area contributed by atoms with Crippen LogP contribution in [0.1, 0.15) is 11.3 Å². The number of hydrogen-bond acceptors (Lipinski definition) is 9. The van der Waals surface area contributed by atoms with Crippen molar-refractivity contribution < 1.29 is 18.0 Å². The van der Waals surface area contributed by atoms with E-state index in [9.17, 15) is 18.0 Å². The highest BCUT2D eigenvalue weighted by atomic mass is 32.2. The first-order valence-corrected chi connectivity index (χ1v) is 9.60. The third kappa shape index (κ3) is 6.72. The molecule has 12 nitrogen and oxygen atoms in total. The summed E-state index contributed by atoms with van der Waals surface area (Å²) in [6, 6.07) is 8.61. The van der Waals surface area contributed by atoms with Crippen molar-refractivity contribution in [1.82, 2.24) is 25.4 Å². The molecule has 2 aromatic rings. The Labute approximate surface area is 166 Å². The van der Waals surface area contributed by atoms with Crippen molar-refractivity contribution in [3.8, 4) is 6.07 Å². The molecule has 0 radical (unpaired) electrons. The van der Waals surface area contributed by atoms with Crippen LogP contribution in [0.25, 0.3) is 0 Å². The van der Waals surface area contributed by atoms with E-state index in [1.54, 1.807) is 13.0 Å². The van der Waals surface area contributed by atoms with E-state index >= 15 is 0 Å². The molecule has 1 aromatic carbocycles. The van der Waals surface area contributed by atoms with Gasteiger partial charge in [-0.15, -0.1) is 0 Å². The number of nitrogens with two attached hydrogens (primary N) is 1. The van der Waals surface area contributed by atoms with Crippen LogP contribution in [0.2, 0.25) is 0 Å². The van der Waals surface area contributed by atoms with Crippen LogP contribution in [-0.4, -0.2) is 43.3 Å². The van der Waals surface area contributed by atoms with Gasteiger partial charge in [-0.1, -0.05) is 0 Å². The van der Waals surface area contributed by atoms with Crippen molar-refractivity contribution in [2.75, 3.05) is 24.2 Å². The summed E-state index contributed by atoms with van der Waals surface area (Å²) in [7, 11) is -3.93. The molecule has 2 rings (SSSR count). The van der Waals surface area contributed by atoms with Crippen LogP contribution in [0.3, 0.4) is 0 Å². The lowest BCUT2D eigenvalue weighted by atomic mass is 10.2. The fourth-order valence-electron chi connectivity index (χ4n) is 2.03. The number of hydrazine groups is 1. The fourth-order valence-corrected chi connectivity index (χ4v) is 3.01. The molecule has 1 aromatic heterocycles. The zero-order chi connectivity index (χ0) is 21.4. The predicted octanol–water partition coefficient (Wildman–Crippen LogP) is -1.22. The van der Waals surface area contributed by atoms with E-state index in [2.05, 4.69) is 30.9 Å². The van der Waals surface area contributed by atoms with Gasteiger partial charge in [-0.05, 0) is 31.2 Å². The Balaban J connectivity index is 1.77. The maximum atomic E-state index is 12.1. The number of nitrogens with zero attached hydrogens (tertiary/aromatic N) is 3. The Bertz CT molecular complexity index is 1030. The molecule has 0 atom stereocenters. The molecule has 1 heterocycles. The molecular weight excluding hydrogens is 400 g/mol. The molecule has 6 N–H and O–H groups in total. The predicted molar refractivity (Wildman–Crippen MR) is 102 cm³/mol. The highest BCUT2D eigenvalue weighted by Gasteiger charge is 2.15. The largest absolute Gasteiger partial charge is 0.368 e. The molecule has 0 aliphatic carbocycles.